The van der Waals surface area contributed by atoms with E-state index in [2.05, 4.69) is 26.8 Å². The molecule has 1 nitrogen and oxygen atoms in total. The fourth-order valence-electron chi connectivity index (χ4n) is 3.54. The summed E-state index contributed by atoms with van der Waals surface area (Å²) in [6.45, 7) is 10.9. The second kappa shape index (κ2) is 3.45. The minimum Gasteiger partial charge on any atom is -0.295 e. The zero-order valence-corrected chi connectivity index (χ0v) is 11.3. The first-order valence-electron chi connectivity index (χ1n) is 6.46. The van der Waals surface area contributed by atoms with E-state index in [0.29, 0.717) is 10.8 Å². The second-order valence-corrected chi connectivity index (χ2v) is 6.65. The number of hydrogen-bond acceptors (Lipinski definition) is 1. The van der Waals surface area contributed by atoms with Gasteiger partial charge in [-0.05, 0) is 61.3 Å². The van der Waals surface area contributed by atoms with E-state index < -0.39 is 0 Å². The summed E-state index contributed by atoms with van der Waals surface area (Å²) in [6.07, 6.45) is 6.03. The van der Waals surface area contributed by atoms with E-state index in [1.807, 2.05) is 6.92 Å². The fourth-order valence-corrected chi connectivity index (χ4v) is 3.54. The summed E-state index contributed by atoms with van der Waals surface area (Å²) in [6, 6.07) is 0. The summed E-state index contributed by atoms with van der Waals surface area (Å²) in [5.41, 5.74) is 1.97. The Labute approximate surface area is 99.3 Å². The molecule has 2 saturated carbocycles. The Morgan fingerprint density at radius 3 is 2.38 bits per heavy atom. The van der Waals surface area contributed by atoms with Crippen LogP contribution >= 0.6 is 0 Å². The van der Waals surface area contributed by atoms with Crippen molar-refractivity contribution in [2.24, 2.45) is 22.7 Å². The number of carbonyl (C=O) groups excluding carboxylic acids is 1. The molecule has 2 fully saturated rings. The lowest BCUT2D eigenvalue weighted by atomic mass is 9.70. The van der Waals surface area contributed by atoms with Crippen molar-refractivity contribution in [1.82, 2.24) is 0 Å². The lowest BCUT2D eigenvalue weighted by Gasteiger charge is -2.35. The van der Waals surface area contributed by atoms with E-state index in [4.69, 9.17) is 0 Å². The van der Waals surface area contributed by atoms with Gasteiger partial charge >= 0.3 is 0 Å². The van der Waals surface area contributed by atoms with Gasteiger partial charge in [0, 0.05) is 0 Å². The summed E-state index contributed by atoms with van der Waals surface area (Å²) in [4.78, 5) is 11.2. The first-order valence-corrected chi connectivity index (χ1v) is 6.46. The number of hydrogen-bond donors (Lipinski definition) is 0. The van der Waals surface area contributed by atoms with Gasteiger partial charge in [-0.3, -0.25) is 4.79 Å². The number of allylic oxidation sites excluding steroid dienone is 2. The predicted molar refractivity (Wildman–Crippen MR) is 67.2 cm³/mol. The maximum atomic E-state index is 11.2. The van der Waals surface area contributed by atoms with Gasteiger partial charge in [0.2, 0.25) is 0 Å². The topological polar surface area (TPSA) is 17.1 Å². The summed E-state index contributed by atoms with van der Waals surface area (Å²) >= 11 is 0. The normalized spacial score (nSPS) is 40.7. The van der Waals surface area contributed by atoms with Gasteiger partial charge in [0.15, 0.2) is 5.78 Å². The first-order chi connectivity index (χ1) is 7.29. The standard InChI is InChI=1S/C15H24O/c1-10(11(2)16)6-7-12-8-13-9-15(13,5)14(12,3)4/h6,12-13H,7-9H2,1-5H3. The third kappa shape index (κ3) is 1.56. The lowest BCUT2D eigenvalue weighted by molar-refractivity contribution is -0.113. The van der Waals surface area contributed by atoms with E-state index >= 15 is 0 Å². The van der Waals surface area contributed by atoms with Crippen molar-refractivity contribution >= 4 is 5.78 Å². The van der Waals surface area contributed by atoms with Crippen LogP contribution in [0.1, 0.15) is 53.9 Å². The molecule has 0 heterocycles. The molecule has 2 aliphatic rings. The number of ketones is 1. The molecule has 16 heavy (non-hydrogen) atoms. The van der Waals surface area contributed by atoms with E-state index in [9.17, 15) is 4.79 Å². The maximum absolute atomic E-state index is 11.2. The Morgan fingerprint density at radius 1 is 1.31 bits per heavy atom. The van der Waals surface area contributed by atoms with Gasteiger partial charge in [0.25, 0.3) is 0 Å². The molecule has 0 aromatic carbocycles. The highest BCUT2D eigenvalue weighted by Gasteiger charge is 2.66. The molecule has 1 heteroatoms. The molecule has 90 valence electrons. The molecule has 2 rings (SSSR count). The van der Waals surface area contributed by atoms with Gasteiger partial charge in [0.05, 0.1) is 0 Å². The number of fused-ring (bicyclic) bond motifs is 1. The van der Waals surface area contributed by atoms with Gasteiger partial charge in [-0.1, -0.05) is 26.8 Å². The summed E-state index contributed by atoms with van der Waals surface area (Å²) in [5.74, 6) is 1.94. The smallest absolute Gasteiger partial charge is 0.155 e. The molecule has 0 aromatic heterocycles. The van der Waals surface area contributed by atoms with Crippen LogP contribution in [-0.2, 0) is 4.79 Å². The lowest BCUT2D eigenvalue weighted by Crippen LogP contribution is -2.27. The highest BCUT2D eigenvalue weighted by molar-refractivity contribution is 5.92. The third-order valence-corrected chi connectivity index (χ3v) is 5.74. The van der Waals surface area contributed by atoms with Crippen LogP contribution in [-0.4, -0.2) is 5.78 Å². The van der Waals surface area contributed by atoms with Crippen LogP contribution in [0.15, 0.2) is 11.6 Å². The molecule has 0 aromatic rings. The van der Waals surface area contributed by atoms with Crippen molar-refractivity contribution in [3.05, 3.63) is 11.6 Å². The minimum atomic E-state index is 0.215. The molecule has 0 bridgehead atoms. The zero-order valence-electron chi connectivity index (χ0n) is 11.3. The van der Waals surface area contributed by atoms with Gasteiger partial charge in [-0.25, -0.2) is 0 Å². The second-order valence-electron chi connectivity index (χ2n) is 6.65. The van der Waals surface area contributed by atoms with Gasteiger partial charge < -0.3 is 0 Å². The Morgan fingerprint density at radius 2 is 1.94 bits per heavy atom. The monoisotopic (exact) mass is 220 g/mol. The predicted octanol–water partition coefficient (Wildman–Crippen LogP) is 3.98. The van der Waals surface area contributed by atoms with E-state index in [1.165, 1.54) is 12.8 Å². The van der Waals surface area contributed by atoms with Gasteiger partial charge in [-0.2, -0.15) is 0 Å². The number of Topliss-reactive ketones (excluding diaryl/α,β-unsaturated/α-hetero) is 1. The molecule has 0 radical (unpaired) electrons. The average molecular weight is 220 g/mol. The van der Waals surface area contributed by atoms with E-state index in [-0.39, 0.29) is 5.78 Å². The van der Waals surface area contributed by atoms with Crippen LogP contribution < -0.4 is 0 Å². The molecule has 3 atom stereocenters. The van der Waals surface area contributed by atoms with E-state index in [0.717, 1.165) is 23.8 Å². The van der Waals surface area contributed by atoms with E-state index in [1.54, 1.807) is 6.92 Å². The van der Waals surface area contributed by atoms with Crippen LogP contribution in [0.25, 0.3) is 0 Å². The highest BCUT2D eigenvalue weighted by atomic mass is 16.1. The van der Waals surface area contributed by atoms with Crippen molar-refractivity contribution in [3.8, 4) is 0 Å². The molecule has 0 saturated heterocycles. The molecular weight excluding hydrogens is 196 g/mol. The average Bonchev–Trinajstić information content (AvgIpc) is 2.79. The maximum Gasteiger partial charge on any atom is 0.155 e. The van der Waals surface area contributed by atoms with Crippen molar-refractivity contribution in [2.75, 3.05) is 0 Å². The van der Waals surface area contributed by atoms with Crippen LogP contribution in [0, 0.1) is 22.7 Å². The van der Waals surface area contributed by atoms with Gasteiger partial charge in [-0.15, -0.1) is 0 Å². The molecule has 0 spiro atoms. The zero-order chi connectivity index (χ0) is 12.1. The van der Waals surface area contributed by atoms with Crippen molar-refractivity contribution in [3.63, 3.8) is 0 Å². The molecule has 3 unspecified atom stereocenters. The van der Waals surface area contributed by atoms with Crippen LogP contribution in [0.3, 0.4) is 0 Å². The highest BCUT2D eigenvalue weighted by Crippen LogP contribution is 2.74. The first kappa shape index (κ1) is 11.9. The van der Waals surface area contributed by atoms with Crippen molar-refractivity contribution in [1.29, 1.82) is 0 Å². The third-order valence-electron chi connectivity index (χ3n) is 5.74. The summed E-state index contributed by atoms with van der Waals surface area (Å²) in [5, 5.41) is 0. The Balaban J connectivity index is 2.04. The molecular formula is C15H24O. The van der Waals surface area contributed by atoms with Crippen LogP contribution in [0.5, 0.6) is 0 Å². The van der Waals surface area contributed by atoms with Crippen LogP contribution in [0.2, 0.25) is 0 Å². The van der Waals surface area contributed by atoms with Crippen molar-refractivity contribution in [2.45, 2.75) is 53.9 Å². The summed E-state index contributed by atoms with van der Waals surface area (Å²) < 4.78 is 0. The Bertz CT molecular complexity index is 350. The quantitative estimate of drug-likeness (QED) is 0.657. The Hall–Kier alpha value is -0.590. The Kier molecular flexibility index (Phi) is 2.56. The SMILES string of the molecule is CC(=O)C(C)=CCC1CC2CC2(C)C1(C)C. The molecule has 2 aliphatic carbocycles. The largest absolute Gasteiger partial charge is 0.295 e. The molecule has 0 N–H and O–H groups in total. The number of rotatable bonds is 3. The minimum absolute atomic E-state index is 0.215. The van der Waals surface area contributed by atoms with Gasteiger partial charge in [0.1, 0.15) is 0 Å². The van der Waals surface area contributed by atoms with Crippen molar-refractivity contribution < 1.29 is 4.79 Å². The molecule has 0 amide bonds. The van der Waals surface area contributed by atoms with Crippen LogP contribution in [0.4, 0.5) is 0 Å². The molecule has 0 aliphatic heterocycles. The fraction of sp³-hybridized carbons (Fsp3) is 0.800. The summed E-state index contributed by atoms with van der Waals surface area (Å²) in [7, 11) is 0. The number of carbonyl (C=O) groups is 1.